The number of esters is 1. The van der Waals surface area contributed by atoms with Crippen molar-refractivity contribution in [1.82, 2.24) is 5.32 Å². The molecule has 0 heterocycles. The third-order valence-electron chi connectivity index (χ3n) is 4.32. The largest absolute Gasteiger partial charge is 0.460 e. The molecule has 0 aliphatic heterocycles. The van der Waals surface area contributed by atoms with Crippen molar-refractivity contribution in [2.24, 2.45) is 0 Å². The summed E-state index contributed by atoms with van der Waals surface area (Å²) < 4.78 is 10.4. The van der Waals surface area contributed by atoms with E-state index in [0.717, 1.165) is 18.3 Å². The van der Waals surface area contributed by atoms with Crippen molar-refractivity contribution in [2.45, 2.75) is 26.3 Å². The van der Waals surface area contributed by atoms with Gasteiger partial charge in [0.25, 0.3) is 5.91 Å². The topological polar surface area (TPSA) is 81.7 Å². The number of carbonyl (C=O) groups is 3. The molecule has 2 aromatic rings. The van der Waals surface area contributed by atoms with Crippen LogP contribution in [0.2, 0.25) is 0 Å². The highest BCUT2D eigenvalue weighted by Crippen LogP contribution is 2.04. The van der Waals surface area contributed by atoms with Gasteiger partial charge in [0.15, 0.2) is 0 Å². The normalized spacial score (nSPS) is 12.0. The number of ether oxygens (including phenoxy) is 2. The molecule has 0 saturated heterocycles. The summed E-state index contributed by atoms with van der Waals surface area (Å²) in [7, 11) is 1.53. The lowest BCUT2D eigenvalue weighted by atomic mass is 10.2. The summed E-state index contributed by atoms with van der Waals surface area (Å²) in [4.78, 5) is 34.5. The molecular formula is C28H33NO5. The van der Waals surface area contributed by atoms with Gasteiger partial charge >= 0.3 is 5.97 Å². The summed E-state index contributed by atoms with van der Waals surface area (Å²) >= 11 is 0. The van der Waals surface area contributed by atoms with Crippen LogP contribution in [0.25, 0.3) is 0 Å². The summed E-state index contributed by atoms with van der Waals surface area (Å²) in [5.41, 5.74) is 1.72. The zero-order valence-corrected chi connectivity index (χ0v) is 20.0. The zero-order chi connectivity index (χ0) is 25.0. The second-order valence-electron chi connectivity index (χ2n) is 7.08. The van der Waals surface area contributed by atoms with Crippen molar-refractivity contribution in [3.05, 3.63) is 108 Å². The molecule has 34 heavy (non-hydrogen) atoms. The fraction of sp³-hybridized carbons (Fsp3) is 0.250. The monoisotopic (exact) mass is 463 g/mol. The number of benzene rings is 2. The molecule has 2 rings (SSSR count). The van der Waals surface area contributed by atoms with E-state index in [9.17, 15) is 14.4 Å². The molecule has 1 atom stereocenters. The predicted molar refractivity (Wildman–Crippen MR) is 135 cm³/mol. The van der Waals surface area contributed by atoms with E-state index in [2.05, 4.69) is 5.32 Å². The van der Waals surface area contributed by atoms with Gasteiger partial charge in [0.05, 0.1) is 18.2 Å². The first-order chi connectivity index (χ1) is 16.5. The Bertz CT molecular complexity index is 949. The van der Waals surface area contributed by atoms with E-state index in [1.165, 1.54) is 7.11 Å². The number of amides is 1. The molecule has 1 N–H and O–H groups in total. The molecule has 0 fully saturated rings. The number of allylic oxidation sites excluding steroid dienone is 4. The van der Waals surface area contributed by atoms with Crippen molar-refractivity contribution in [3.8, 4) is 0 Å². The molecule has 0 aliphatic rings. The Morgan fingerprint density at radius 2 is 1.65 bits per heavy atom. The lowest BCUT2D eigenvalue weighted by molar-refractivity contribution is -0.118. The SMILES string of the molecule is C/C=C\C(=C/C=CCC)C(=O)NC(COC)COC(=O)c1ccccc1.O=Cc1ccccc1. The Balaban J connectivity index is 0.000000605. The van der Waals surface area contributed by atoms with Crippen molar-refractivity contribution in [2.75, 3.05) is 20.3 Å². The molecule has 0 bridgehead atoms. The van der Waals surface area contributed by atoms with Gasteiger partial charge in [0.2, 0.25) is 0 Å². The number of hydrogen-bond donors (Lipinski definition) is 1. The van der Waals surface area contributed by atoms with Crippen LogP contribution in [0.15, 0.2) is 96.6 Å². The highest BCUT2D eigenvalue weighted by molar-refractivity contribution is 5.96. The number of hydrogen-bond acceptors (Lipinski definition) is 5. The Kier molecular flexibility index (Phi) is 14.8. The maximum absolute atomic E-state index is 12.5. The average molecular weight is 464 g/mol. The molecule has 0 spiro atoms. The minimum Gasteiger partial charge on any atom is -0.460 e. The lowest BCUT2D eigenvalue weighted by Crippen LogP contribution is -2.42. The number of aldehydes is 1. The van der Waals surface area contributed by atoms with Crippen LogP contribution in [-0.2, 0) is 14.3 Å². The van der Waals surface area contributed by atoms with Crippen molar-refractivity contribution >= 4 is 18.2 Å². The number of methoxy groups -OCH3 is 1. The van der Waals surface area contributed by atoms with E-state index in [1.54, 1.807) is 54.6 Å². The maximum Gasteiger partial charge on any atom is 0.338 e. The average Bonchev–Trinajstić information content (AvgIpc) is 2.88. The van der Waals surface area contributed by atoms with Gasteiger partial charge in [-0.15, -0.1) is 0 Å². The molecule has 6 nitrogen and oxygen atoms in total. The Morgan fingerprint density at radius 3 is 2.18 bits per heavy atom. The summed E-state index contributed by atoms with van der Waals surface area (Å²) in [6, 6.07) is 17.4. The van der Waals surface area contributed by atoms with Gasteiger partial charge in [0, 0.05) is 18.2 Å². The minimum atomic E-state index is -0.441. The van der Waals surface area contributed by atoms with Gasteiger partial charge in [-0.25, -0.2) is 4.79 Å². The Labute approximate surface area is 202 Å². The first-order valence-corrected chi connectivity index (χ1v) is 11.1. The molecule has 0 saturated carbocycles. The Hall–Kier alpha value is -3.77. The summed E-state index contributed by atoms with van der Waals surface area (Å²) in [6.07, 6.45) is 10.8. The fourth-order valence-corrected chi connectivity index (χ4v) is 2.66. The van der Waals surface area contributed by atoms with Gasteiger partial charge in [-0.1, -0.05) is 79.8 Å². The van der Waals surface area contributed by atoms with Crippen LogP contribution < -0.4 is 5.32 Å². The van der Waals surface area contributed by atoms with Crippen molar-refractivity contribution < 1.29 is 23.9 Å². The zero-order valence-electron chi connectivity index (χ0n) is 20.0. The number of rotatable bonds is 11. The van der Waals surface area contributed by atoms with E-state index in [0.29, 0.717) is 11.1 Å². The summed E-state index contributed by atoms with van der Waals surface area (Å²) in [6.45, 7) is 4.14. The van der Waals surface area contributed by atoms with Crippen molar-refractivity contribution in [3.63, 3.8) is 0 Å². The summed E-state index contributed by atoms with van der Waals surface area (Å²) in [5, 5.41) is 2.84. The number of carbonyl (C=O) groups excluding carboxylic acids is 3. The van der Waals surface area contributed by atoms with Gasteiger partial charge in [-0.3, -0.25) is 9.59 Å². The molecule has 180 valence electrons. The van der Waals surface area contributed by atoms with Crippen molar-refractivity contribution in [1.29, 1.82) is 0 Å². The lowest BCUT2D eigenvalue weighted by Gasteiger charge is -2.18. The van der Waals surface area contributed by atoms with Crippen LogP contribution in [-0.4, -0.2) is 44.5 Å². The minimum absolute atomic E-state index is 0.0290. The molecule has 0 aromatic heterocycles. The third-order valence-corrected chi connectivity index (χ3v) is 4.32. The van der Waals surface area contributed by atoms with E-state index >= 15 is 0 Å². The highest BCUT2D eigenvalue weighted by Gasteiger charge is 2.17. The van der Waals surface area contributed by atoms with Crippen LogP contribution in [0.4, 0.5) is 0 Å². The maximum atomic E-state index is 12.5. The smallest absolute Gasteiger partial charge is 0.338 e. The van der Waals surface area contributed by atoms with E-state index < -0.39 is 12.0 Å². The van der Waals surface area contributed by atoms with Gasteiger partial charge in [0.1, 0.15) is 12.9 Å². The van der Waals surface area contributed by atoms with Crippen LogP contribution >= 0.6 is 0 Å². The van der Waals surface area contributed by atoms with E-state index in [-0.39, 0.29) is 19.1 Å². The molecule has 0 aliphatic carbocycles. The van der Waals surface area contributed by atoms with E-state index in [4.69, 9.17) is 9.47 Å². The highest BCUT2D eigenvalue weighted by atomic mass is 16.5. The van der Waals surface area contributed by atoms with Gasteiger partial charge in [-0.2, -0.15) is 0 Å². The van der Waals surface area contributed by atoms with Crippen LogP contribution in [0.5, 0.6) is 0 Å². The molecule has 0 radical (unpaired) electrons. The van der Waals surface area contributed by atoms with E-state index in [1.807, 2.05) is 50.3 Å². The first-order valence-electron chi connectivity index (χ1n) is 11.1. The predicted octanol–water partition coefficient (Wildman–Crippen LogP) is 4.94. The second-order valence-corrected chi connectivity index (χ2v) is 7.08. The fourth-order valence-electron chi connectivity index (χ4n) is 2.66. The number of nitrogens with one attached hydrogen (secondary N) is 1. The molecule has 1 unspecified atom stereocenters. The van der Waals surface area contributed by atoms with Gasteiger partial charge < -0.3 is 14.8 Å². The molecule has 2 aromatic carbocycles. The van der Waals surface area contributed by atoms with Crippen LogP contribution in [0.3, 0.4) is 0 Å². The standard InChI is InChI=1S/C21H27NO4.C7H6O/c1-4-6-8-12-17(11-5-2)20(23)22-19(15-25-3)16-26-21(24)18-13-9-7-10-14-18;8-6-7-4-2-1-3-5-7/h5-14,19H,4,15-16H2,1-3H3,(H,22,23);1-6H/b8-6?,11-5-,17-12+;. The van der Waals surface area contributed by atoms with Gasteiger partial charge in [-0.05, 0) is 31.6 Å². The Morgan fingerprint density at radius 1 is 1.00 bits per heavy atom. The molecule has 6 heteroatoms. The second kappa shape index (κ2) is 17.7. The quantitative estimate of drug-likeness (QED) is 0.221. The molecular weight excluding hydrogens is 430 g/mol. The van der Waals surface area contributed by atoms with Crippen LogP contribution in [0, 0.1) is 0 Å². The first kappa shape index (κ1) is 28.3. The summed E-state index contributed by atoms with van der Waals surface area (Å²) in [5.74, 6) is -0.683. The third kappa shape index (κ3) is 11.7. The molecule has 1 amide bonds. The van der Waals surface area contributed by atoms with Crippen LogP contribution in [0.1, 0.15) is 41.0 Å².